The van der Waals surface area contributed by atoms with Gasteiger partial charge in [0.1, 0.15) is 0 Å². The summed E-state index contributed by atoms with van der Waals surface area (Å²) in [5.41, 5.74) is 0. The molecule has 0 aliphatic carbocycles. The summed E-state index contributed by atoms with van der Waals surface area (Å²) in [5, 5.41) is 3.31. The molecule has 0 bridgehead atoms. The number of rotatable bonds is 3. The van der Waals surface area contributed by atoms with Gasteiger partial charge in [0.25, 0.3) is 0 Å². The Morgan fingerprint density at radius 2 is 1.58 bits per heavy atom. The van der Waals surface area contributed by atoms with Crippen molar-refractivity contribution in [1.29, 1.82) is 0 Å². The Labute approximate surface area is 116 Å². The monoisotopic (exact) mass is 268 g/mol. The van der Waals surface area contributed by atoms with Crippen LogP contribution in [0.5, 0.6) is 0 Å². The molecule has 0 saturated carbocycles. The molecule has 2 fully saturated rings. The van der Waals surface area contributed by atoms with Crippen LogP contribution in [0.15, 0.2) is 0 Å². The molecule has 1 amide bonds. The summed E-state index contributed by atoms with van der Waals surface area (Å²) in [5.74, 6) is 0.715. The van der Waals surface area contributed by atoms with Crippen LogP contribution in [0.3, 0.4) is 0 Å². The van der Waals surface area contributed by atoms with Crippen molar-refractivity contribution in [1.82, 2.24) is 20.0 Å². The van der Waals surface area contributed by atoms with Crippen molar-refractivity contribution >= 4 is 5.91 Å². The first-order valence-electron chi connectivity index (χ1n) is 7.51. The van der Waals surface area contributed by atoms with E-state index >= 15 is 0 Å². The largest absolute Gasteiger partial charge is 0.339 e. The molecule has 5 nitrogen and oxygen atoms in total. The minimum absolute atomic E-state index is 0.0619. The van der Waals surface area contributed by atoms with E-state index in [1.807, 2.05) is 4.90 Å². The predicted molar refractivity (Wildman–Crippen MR) is 77.1 cm³/mol. The topological polar surface area (TPSA) is 38.8 Å². The van der Waals surface area contributed by atoms with Gasteiger partial charge >= 0.3 is 0 Å². The molecule has 2 heterocycles. The van der Waals surface area contributed by atoms with Crippen molar-refractivity contribution in [2.45, 2.75) is 19.9 Å². The molecular formula is C14H28N4O. The standard InChI is InChI=1S/C14H28N4O/c1-12(2)13(17-10-8-16(3)9-11-17)14(19)18-6-4-15-5-7-18/h12-13,15H,4-11H2,1-3H3. The van der Waals surface area contributed by atoms with Gasteiger partial charge in [-0.1, -0.05) is 13.8 Å². The maximum absolute atomic E-state index is 12.8. The summed E-state index contributed by atoms with van der Waals surface area (Å²) in [4.78, 5) is 19.5. The van der Waals surface area contributed by atoms with Crippen molar-refractivity contribution in [3.05, 3.63) is 0 Å². The lowest BCUT2D eigenvalue weighted by Crippen LogP contribution is -2.59. The lowest BCUT2D eigenvalue weighted by molar-refractivity contribution is -0.140. The van der Waals surface area contributed by atoms with Crippen molar-refractivity contribution < 1.29 is 4.79 Å². The van der Waals surface area contributed by atoms with Gasteiger partial charge < -0.3 is 15.1 Å². The Bertz CT molecular complexity index is 294. The number of nitrogens with zero attached hydrogens (tertiary/aromatic N) is 3. The number of carbonyl (C=O) groups excluding carboxylic acids is 1. The highest BCUT2D eigenvalue weighted by Gasteiger charge is 2.33. The van der Waals surface area contributed by atoms with Crippen LogP contribution < -0.4 is 5.32 Å². The van der Waals surface area contributed by atoms with Crippen LogP contribution in [0.4, 0.5) is 0 Å². The summed E-state index contributed by atoms with van der Waals surface area (Å²) in [6.07, 6.45) is 0. The summed E-state index contributed by atoms with van der Waals surface area (Å²) < 4.78 is 0. The zero-order valence-electron chi connectivity index (χ0n) is 12.6. The summed E-state index contributed by atoms with van der Waals surface area (Å²) in [6, 6.07) is 0.0619. The van der Waals surface area contributed by atoms with E-state index in [9.17, 15) is 4.79 Å². The first-order valence-corrected chi connectivity index (χ1v) is 7.51. The van der Waals surface area contributed by atoms with Gasteiger partial charge in [-0.3, -0.25) is 9.69 Å². The van der Waals surface area contributed by atoms with E-state index in [1.165, 1.54) is 0 Å². The van der Waals surface area contributed by atoms with Gasteiger partial charge in [-0.15, -0.1) is 0 Å². The highest BCUT2D eigenvalue weighted by Crippen LogP contribution is 2.16. The van der Waals surface area contributed by atoms with Gasteiger partial charge in [-0.25, -0.2) is 0 Å². The van der Waals surface area contributed by atoms with E-state index < -0.39 is 0 Å². The minimum Gasteiger partial charge on any atom is -0.339 e. The molecule has 2 saturated heterocycles. The second-order valence-electron chi connectivity index (χ2n) is 6.10. The van der Waals surface area contributed by atoms with E-state index in [1.54, 1.807) is 0 Å². The molecule has 2 rings (SSSR count). The molecule has 19 heavy (non-hydrogen) atoms. The predicted octanol–water partition coefficient (Wildman–Crippen LogP) is -0.310. The second kappa shape index (κ2) is 6.68. The summed E-state index contributed by atoms with van der Waals surface area (Å²) >= 11 is 0. The van der Waals surface area contributed by atoms with E-state index in [-0.39, 0.29) is 6.04 Å². The van der Waals surface area contributed by atoms with Crippen LogP contribution in [-0.2, 0) is 4.79 Å². The zero-order chi connectivity index (χ0) is 13.8. The fraction of sp³-hybridized carbons (Fsp3) is 0.929. The van der Waals surface area contributed by atoms with E-state index in [2.05, 4.69) is 36.0 Å². The lowest BCUT2D eigenvalue weighted by atomic mass is 9.99. The van der Waals surface area contributed by atoms with E-state index in [4.69, 9.17) is 0 Å². The molecule has 1 unspecified atom stereocenters. The SMILES string of the molecule is CC(C)C(C(=O)N1CCNCC1)N1CCN(C)CC1. The number of carbonyl (C=O) groups is 1. The molecule has 2 aliphatic rings. The molecule has 0 aromatic heterocycles. The molecule has 0 radical (unpaired) electrons. The number of amides is 1. The molecule has 0 aromatic rings. The van der Waals surface area contributed by atoms with Crippen LogP contribution in [0.25, 0.3) is 0 Å². The fourth-order valence-corrected chi connectivity index (χ4v) is 3.04. The van der Waals surface area contributed by atoms with Crippen LogP contribution in [0, 0.1) is 5.92 Å². The first-order chi connectivity index (χ1) is 9.09. The third-order valence-corrected chi connectivity index (χ3v) is 4.24. The molecule has 1 N–H and O–H groups in total. The van der Waals surface area contributed by atoms with E-state index in [0.717, 1.165) is 52.4 Å². The third-order valence-electron chi connectivity index (χ3n) is 4.24. The van der Waals surface area contributed by atoms with Crippen molar-refractivity contribution in [3.8, 4) is 0 Å². The first kappa shape index (κ1) is 14.8. The zero-order valence-corrected chi connectivity index (χ0v) is 12.6. The molecule has 0 spiro atoms. The Morgan fingerprint density at radius 1 is 1.00 bits per heavy atom. The smallest absolute Gasteiger partial charge is 0.240 e. The average molecular weight is 268 g/mol. The average Bonchev–Trinajstić information content (AvgIpc) is 2.42. The molecule has 2 aliphatic heterocycles. The Kier molecular flexibility index (Phi) is 5.19. The highest BCUT2D eigenvalue weighted by molar-refractivity contribution is 5.82. The fourth-order valence-electron chi connectivity index (χ4n) is 3.04. The molecule has 0 aromatic carbocycles. The van der Waals surface area contributed by atoms with Gasteiger partial charge in [-0.05, 0) is 13.0 Å². The quantitative estimate of drug-likeness (QED) is 0.762. The Balaban J connectivity index is 2.00. The van der Waals surface area contributed by atoms with E-state index in [0.29, 0.717) is 11.8 Å². The van der Waals surface area contributed by atoms with Crippen LogP contribution in [0.2, 0.25) is 0 Å². The van der Waals surface area contributed by atoms with Gasteiger partial charge in [-0.2, -0.15) is 0 Å². The van der Waals surface area contributed by atoms with Crippen molar-refractivity contribution in [2.24, 2.45) is 5.92 Å². The number of likely N-dealkylation sites (N-methyl/N-ethyl adjacent to an activating group) is 1. The molecule has 110 valence electrons. The van der Waals surface area contributed by atoms with Crippen LogP contribution >= 0.6 is 0 Å². The van der Waals surface area contributed by atoms with Gasteiger partial charge in [0.05, 0.1) is 6.04 Å². The molecule has 1 atom stereocenters. The highest BCUT2D eigenvalue weighted by atomic mass is 16.2. The van der Waals surface area contributed by atoms with Crippen molar-refractivity contribution in [2.75, 3.05) is 59.4 Å². The van der Waals surface area contributed by atoms with Crippen molar-refractivity contribution in [3.63, 3.8) is 0 Å². The van der Waals surface area contributed by atoms with Gasteiger partial charge in [0.15, 0.2) is 0 Å². The minimum atomic E-state index is 0.0619. The second-order valence-corrected chi connectivity index (χ2v) is 6.10. The molecule has 5 heteroatoms. The number of nitrogens with one attached hydrogen (secondary N) is 1. The number of hydrogen-bond donors (Lipinski definition) is 1. The summed E-state index contributed by atoms with van der Waals surface area (Å²) in [6.45, 7) is 12.1. The van der Waals surface area contributed by atoms with Crippen LogP contribution in [-0.4, -0.2) is 86.1 Å². The summed E-state index contributed by atoms with van der Waals surface area (Å²) in [7, 11) is 2.15. The maximum Gasteiger partial charge on any atom is 0.240 e. The number of piperazine rings is 2. The molecular weight excluding hydrogens is 240 g/mol. The normalized spacial score (nSPS) is 24.7. The van der Waals surface area contributed by atoms with Crippen LogP contribution in [0.1, 0.15) is 13.8 Å². The van der Waals surface area contributed by atoms with Gasteiger partial charge in [0.2, 0.25) is 5.91 Å². The third kappa shape index (κ3) is 3.68. The van der Waals surface area contributed by atoms with Gasteiger partial charge in [0, 0.05) is 52.4 Å². The maximum atomic E-state index is 12.8. The Morgan fingerprint density at radius 3 is 2.11 bits per heavy atom. The lowest BCUT2D eigenvalue weighted by Gasteiger charge is -2.41. The number of hydrogen-bond acceptors (Lipinski definition) is 4. The Hall–Kier alpha value is -0.650.